The molecule has 7 heteroatoms. The van der Waals surface area contributed by atoms with Gasteiger partial charge in [-0.05, 0) is 37.1 Å². The molecule has 0 radical (unpaired) electrons. The molecule has 0 aromatic carbocycles. The molecule has 3 aromatic heterocycles. The number of thiophene rings is 1. The number of fused-ring (bicyclic) bond motifs is 1. The Balaban J connectivity index is 1.65. The van der Waals surface area contributed by atoms with Crippen molar-refractivity contribution < 1.29 is 4.79 Å². The molecular weight excluding hydrogens is 346 g/mol. The van der Waals surface area contributed by atoms with Crippen LogP contribution in [0.1, 0.15) is 29.0 Å². The van der Waals surface area contributed by atoms with Gasteiger partial charge in [0.2, 0.25) is 0 Å². The number of aromatic nitrogens is 2. The van der Waals surface area contributed by atoms with Gasteiger partial charge in [0, 0.05) is 36.4 Å². The molecule has 4 heterocycles. The molecule has 3 aromatic rings. The topological polar surface area (TPSA) is 70.2 Å². The molecule has 2 N–H and O–H groups in total. The van der Waals surface area contributed by atoms with Crippen molar-refractivity contribution in [3.63, 3.8) is 0 Å². The maximum Gasteiger partial charge on any atom is 0.273 e. The first-order chi connectivity index (χ1) is 12.7. The second-order valence-electron chi connectivity index (χ2n) is 6.30. The van der Waals surface area contributed by atoms with Crippen LogP contribution in [0.5, 0.6) is 0 Å². The molecule has 0 saturated carbocycles. The monoisotopic (exact) mass is 367 g/mol. The Hall–Kier alpha value is -2.67. The van der Waals surface area contributed by atoms with Crippen LogP contribution in [0.4, 0.5) is 10.8 Å². The maximum atomic E-state index is 12.9. The van der Waals surface area contributed by atoms with Gasteiger partial charge in [0.25, 0.3) is 5.91 Å². The summed E-state index contributed by atoms with van der Waals surface area (Å²) in [6.07, 6.45) is 3.93. The quantitative estimate of drug-likeness (QED) is 0.721. The highest BCUT2D eigenvalue weighted by Crippen LogP contribution is 2.34. The van der Waals surface area contributed by atoms with E-state index in [1.165, 1.54) is 0 Å². The summed E-state index contributed by atoms with van der Waals surface area (Å²) in [6, 6.07) is 9.89. The van der Waals surface area contributed by atoms with Gasteiger partial charge in [0.15, 0.2) is 0 Å². The first-order valence-electron chi connectivity index (χ1n) is 8.80. The second-order valence-corrected chi connectivity index (χ2v) is 7.39. The summed E-state index contributed by atoms with van der Waals surface area (Å²) in [5, 5.41) is 8.39. The molecule has 26 heavy (non-hydrogen) atoms. The Bertz CT molecular complexity index is 918. The Morgan fingerprint density at radius 1 is 1.27 bits per heavy atom. The fourth-order valence-electron chi connectivity index (χ4n) is 3.16. The average molecular weight is 367 g/mol. The third-order valence-electron chi connectivity index (χ3n) is 4.54. The standard InChI is InChI=1S/C19H21N5OS/c1-20-16-11-15-14(18(23-16)19(25)24-8-4-5-9-24)10-17(26-15)22-12-13-6-2-3-7-21-13/h2-3,6-7,10-11,22H,4-5,8-9,12H2,1H3,(H,20,23). The summed E-state index contributed by atoms with van der Waals surface area (Å²) < 4.78 is 1.05. The van der Waals surface area contributed by atoms with Crippen LogP contribution in [0.2, 0.25) is 0 Å². The largest absolute Gasteiger partial charge is 0.373 e. The van der Waals surface area contributed by atoms with E-state index in [1.807, 2.05) is 42.3 Å². The van der Waals surface area contributed by atoms with Crippen LogP contribution in [0, 0.1) is 0 Å². The predicted octanol–water partition coefficient (Wildman–Crippen LogP) is 3.58. The summed E-state index contributed by atoms with van der Waals surface area (Å²) in [7, 11) is 1.83. The van der Waals surface area contributed by atoms with E-state index >= 15 is 0 Å². The number of rotatable bonds is 5. The lowest BCUT2D eigenvalue weighted by atomic mass is 10.2. The van der Waals surface area contributed by atoms with Crippen LogP contribution in [0.25, 0.3) is 10.1 Å². The maximum absolute atomic E-state index is 12.9. The summed E-state index contributed by atoms with van der Waals surface area (Å²) in [5.41, 5.74) is 1.52. The number of hydrogen-bond donors (Lipinski definition) is 2. The highest BCUT2D eigenvalue weighted by atomic mass is 32.1. The van der Waals surface area contributed by atoms with Crippen LogP contribution in [-0.4, -0.2) is 40.9 Å². The van der Waals surface area contributed by atoms with Crippen molar-refractivity contribution in [2.45, 2.75) is 19.4 Å². The number of likely N-dealkylation sites (tertiary alicyclic amines) is 1. The van der Waals surface area contributed by atoms with E-state index in [1.54, 1.807) is 17.5 Å². The van der Waals surface area contributed by atoms with Gasteiger partial charge in [-0.1, -0.05) is 6.07 Å². The van der Waals surface area contributed by atoms with Crippen molar-refractivity contribution >= 4 is 38.1 Å². The summed E-state index contributed by atoms with van der Waals surface area (Å²) in [6.45, 7) is 2.29. The lowest BCUT2D eigenvalue weighted by Crippen LogP contribution is -2.28. The van der Waals surface area contributed by atoms with E-state index in [2.05, 4.69) is 20.6 Å². The zero-order valence-corrected chi connectivity index (χ0v) is 15.5. The van der Waals surface area contributed by atoms with Gasteiger partial charge in [0.05, 0.1) is 17.2 Å². The molecule has 0 unspecified atom stereocenters. The van der Waals surface area contributed by atoms with Crippen molar-refractivity contribution in [2.75, 3.05) is 30.8 Å². The Morgan fingerprint density at radius 3 is 2.85 bits per heavy atom. The molecular formula is C19H21N5OS. The Kier molecular flexibility index (Phi) is 4.71. The van der Waals surface area contributed by atoms with Gasteiger partial charge in [-0.25, -0.2) is 4.98 Å². The lowest BCUT2D eigenvalue weighted by Gasteiger charge is -2.15. The first kappa shape index (κ1) is 16.8. The van der Waals surface area contributed by atoms with Crippen LogP contribution >= 0.6 is 11.3 Å². The fraction of sp³-hybridized carbons (Fsp3) is 0.316. The molecule has 4 rings (SSSR count). The number of amides is 1. The van der Waals surface area contributed by atoms with Crippen molar-refractivity contribution in [3.05, 3.63) is 47.9 Å². The minimum absolute atomic E-state index is 0.0266. The third kappa shape index (κ3) is 3.35. The number of carbonyl (C=O) groups is 1. The van der Waals surface area contributed by atoms with Gasteiger partial charge >= 0.3 is 0 Å². The molecule has 0 atom stereocenters. The number of anilines is 2. The molecule has 1 amide bonds. The molecule has 6 nitrogen and oxygen atoms in total. The molecule has 0 bridgehead atoms. The van der Waals surface area contributed by atoms with Crippen molar-refractivity contribution in [2.24, 2.45) is 0 Å². The Labute approximate surface area is 156 Å². The van der Waals surface area contributed by atoms with E-state index in [0.29, 0.717) is 12.2 Å². The van der Waals surface area contributed by atoms with Gasteiger partial charge in [-0.2, -0.15) is 0 Å². The minimum Gasteiger partial charge on any atom is -0.373 e. The highest BCUT2D eigenvalue weighted by Gasteiger charge is 2.24. The Morgan fingerprint density at radius 2 is 2.12 bits per heavy atom. The number of hydrogen-bond acceptors (Lipinski definition) is 6. The molecule has 0 aliphatic carbocycles. The molecule has 1 fully saturated rings. The molecule has 1 aliphatic heterocycles. The van der Waals surface area contributed by atoms with Crippen LogP contribution < -0.4 is 10.6 Å². The predicted molar refractivity (Wildman–Crippen MR) is 106 cm³/mol. The minimum atomic E-state index is 0.0266. The normalized spacial score (nSPS) is 14.0. The first-order valence-corrected chi connectivity index (χ1v) is 9.61. The van der Waals surface area contributed by atoms with E-state index in [9.17, 15) is 4.79 Å². The van der Waals surface area contributed by atoms with Gasteiger partial charge in [-0.3, -0.25) is 9.78 Å². The molecule has 134 valence electrons. The van der Waals surface area contributed by atoms with Crippen LogP contribution in [-0.2, 0) is 6.54 Å². The molecule has 1 saturated heterocycles. The van der Waals surface area contributed by atoms with Gasteiger partial charge in [0.1, 0.15) is 11.5 Å². The third-order valence-corrected chi connectivity index (χ3v) is 5.58. The lowest BCUT2D eigenvalue weighted by molar-refractivity contribution is 0.0789. The number of nitrogens with zero attached hydrogens (tertiary/aromatic N) is 3. The smallest absolute Gasteiger partial charge is 0.273 e. The van der Waals surface area contributed by atoms with Crippen molar-refractivity contribution in [3.8, 4) is 0 Å². The van der Waals surface area contributed by atoms with E-state index in [-0.39, 0.29) is 5.91 Å². The van der Waals surface area contributed by atoms with Gasteiger partial charge < -0.3 is 15.5 Å². The summed E-state index contributed by atoms with van der Waals surface area (Å²) in [4.78, 5) is 23.7. The number of carbonyl (C=O) groups excluding carboxylic acids is 1. The van der Waals surface area contributed by atoms with Crippen molar-refractivity contribution in [1.82, 2.24) is 14.9 Å². The second kappa shape index (κ2) is 7.29. The summed E-state index contributed by atoms with van der Waals surface area (Å²) >= 11 is 1.63. The molecule has 1 aliphatic rings. The average Bonchev–Trinajstić information content (AvgIpc) is 3.35. The summed E-state index contributed by atoms with van der Waals surface area (Å²) in [5.74, 6) is 0.747. The van der Waals surface area contributed by atoms with E-state index in [0.717, 1.165) is 52.5 Å². The van der Waals surface area contributed by atoms with Crippen LogP contribution in [0.15, 0.2) is 36.5 Å². The van der Waals surface area contributed by atoms with Gasteiger partial charge in [-0.15, -0.1) is 11.3 Å². The fourth-order valence-corrected chi connectivity index (χ4v) is 4.16. The van der Waals surface area contributed by atoms with E-state index < -0.39 is 0 Å². The number of pyridine rings is 2. The van der Waals surface area contributed by atoms with E-state index in [4.69, 9.17) is 0 Å². The number of nitrogens with one attached hydrogen (secondary N) is 2. The van der Waals surface area contributed by atoms with Crippen LogP contribution in [0.3, 0.4) is 0 Å². The van der Waals surface area contributed by atoms with Crippen molar-refractivity contribution in [1.29, 1.82) is 0 Å². The highest BCUT2D eigenvalue weighted by molar-refractivity contribution is 7.22. The molecule has 0 spiro atoms. The SMILES string of the molecule is CNc1cc2sc(NCc3ccccn3)cc2c(C(=O)N2CCCC2)n1. The zero-order valence-electron chi connectivity index (χ0n) is 14.7. The zero-order chi connectivity index (χ0) is 17.9.